The number of nitrogens with zero attached hydrogens (tertiary/aromatic N) is 3. The van der Waals surface area contributed by atoms with Crippen LogP contribution < -0.4 is 4.74 Å². The van der Waals surface area contributed by atoms with Gasteiger partial charge in [-0.25, -0.2) is 0 Å². The lowest BCUT2D eigenvalue weighted by atomic mass is 10.5. The van der Waals surface area contributed by atoms with E-state index in [1.807, 2.05) is 0 Å². The second kappa shape index (κ2) is 3.62. The van der Waals surface area contributed by atoms with Crippen LogP contribution in [0.25, 0.3) is 5.65 Å². The van der Waals surface area contributed by atoms with Crippen LogP contribution in [0.5, 0.6) is 5.88 Å². The average molecular weight is 235 g/mol. The highest BCUT2D eigenvalue weighted by Gasteiger charge is 2.29. The lowest BCUT2D eigenvalue weighted by Crippen LogP contribution is -2.20. The summed E-state index contributed by atoms with van der Waals surface area (Å²) in [4.78, 5) is 3.41. The highest BCUT2D eigenvalue weighted by atomic mass is 19.4. The van der Waals surface area contributed by atoms with Crippen molar-refractivity contribution in [3.05, 3.63) is 24.3 Å². The highest BCUT2D eigenvalue weighted by Crippen LogP contribution is 2.19. The van der Waals surface area contributed by atoms with Crippen LogP contribution in [0.1, 0.15) is 0 Å². The summed E-state index contributed by atoms with van der Waals surface area (Å²) in [6.45, 7) is -1.51. The van der Waals surface area contributed by atoms with E-state index >= 15 is 0 Å². The largest absolute Gasteiger partial charge is 0.468 e. The molecule has 0 aliphatic heterocycles. The van der Waals surface area contributed by atoms with Crippen LogP contribution in [0.3, 0.4) is 0 Å². The molecular weight excluding hydrogens is 230 g/mol. The Hall–Kier alpha value is -1.86. The SMILES string of the molecule is Fc1cc(OCC(F)(F)F)n2nccc2n1. The molecule has 0 aliphatic rings. The molecule has 0 atom stereocenters. The van der Waals surface area contributed by atoms with E-state index in [2.05, 4.69) is 14.8 Å². The second-order valence-electron chi connectivity index (χ2n) is 2.92. The van der Waals surface area contributed by atoms with Crippen LogP contribution >= 0.6 is 0 Å². The van der Waals surface area contributed by atoms with Crippen molar-refractivity contribution < 1.29 is 22.3 Å². The molecule has 16 heavy (non-hydrogen) atoms. The summed E-state index contributed by atoms with van der Waals surface area (Å²) in [5.74, 6) is -1.27. The fraction of sp³-hybridized carbons (Fsp3) is 0.250. The van der Waals surface area contributed by atoms with Gasteiger partial charge < -0.3 is 4.74 Å². The minimum atomic E-state index is -4.49. The lowest BCUT2D eigenvalue weighted by Gasteiger charge is -2.09. The molecule has 2 aromatic heterocycles. The molecule has 0 spiro atoms. The summed E-state index contributed by atoms with van der Waals surface area (Å²) in [6.07, 6.45) is -3.21. The normalized spacial score (nSPS) is 12.0. The number of halogens is 4. The van der Waals surface area contributed by atoms with Crippen molar-refractivity contribution in [2.75, 3.05) is 6.61 Å². The topological polar surface area (TPSA) is 39.4 Å². The van der Waals surface area contributed by atoms with E-state index in [1.165, 1.54) is 12.3 Å². The smallest absolute Gasteiger partial charge is 0.422 e. The van der Waals surface area contributed by atoms with Crippen molar-refractivity contribution in [1.29, 1.82) is 0 Å². The first-order valence-corrected chi connectivity index (χ1v) is 4.15. The minimum absolute atomic E-state index is 0.0807. The van der Waals surface area contributed by atoms with Crippen molar-refractivity contribution in [1.82, 2.24) is 14.6 Å². The van der Waals surface area contributed by atoms with Crippen LogP contribution in [0.4, 0.5) is 17.6 Å². The molecule has 0 bridgehead atoms. The van der Waals surface area contributed by atoms with Gasteiger partial charge in [-0.3, -0.25) is 0 Å². The number of alkyl halides is 3. The first-order chi connectivity index (χ1) is 7.46. The maximum atomic E-state index is 12.9. The standard InChI is InChI=1S/C8H5F4N3O/c9-5-3-7(16-4-8(10,11)12)15-6(14-5)1-2-13-15/h1-3H,4H2. The number of ether oxygens (including phenoxy) is 1. The number of fused-ring (bicyclic) bond motifs is 1. The lowest BCUT2D eigenvalue weighted by molar-refractivity contribution is -0.154. The van der Waals surface area contributed by atoms with Gasteiger partial charge in [0.15, 0.2) is 12.3 Å². The Labute approximate surface area is 86.5 Å². The molecule has 0 saturated carbocycles. The van der Waals surface area contributed by atoms with Crippen molar-refractivity contribution in [3.63, 3.8) is 0 Å². The maximum Gasteiger partial charge on any atom is 0.422 e. The van der Waals surface area contributed by atoms with E-state index < -0.39 is 18.7 Å². The molecule has 0 radical (unpaired) electrons. The van der Waals surface area contributed by atoms with Gasteiger partial charge in [-0.15, -0.1) is 0 Å². The quantitative estimate of drug-likeness (QED) is 0.588. The summed E-state index contributed by atoms with van der Waals surface area (Å²) < 4.78 is 54.0. The van der Waals surface area contributed by atoms with Gasteiger partial charge in [-0.2, -0.15) is 32.2 Å². The van der Waals surface area contributed by atoms with Gasteiger partial charge in [0.05, 0.1) is 12.3 Å². The van der Waals surface area contributed by atoms with Crippen molar-refractivity contribution in [3.8, 4) is 5.88 Å². The molecule has 0 fully saturated rings. The highest BCUT2D eigenvalue weighted by molar-refractivity contribution is 5.38. The summed E-state index contributed by atoms with van der Waals surface area (Å²) in [6, 6.07) is 2.09. The molecule has 0 unspecified atom stereocenters. The van der Waals surface area contributed by atoms with Gasteiger partial charge in [-0.1, -0.05) is 0 Å². The van der Waals surface area contributed by atoms with E-state index in [9.17, 15) is 17.6 Å². The Bertz CT molecular complexity index is 507. The molecule has 8 heteroatoms. The number of rotatable bonds is 2. The van der Waals surface area contributed by atoms with Gasteiger partial charge in [0.1, 0.15) is 0 Å². The Morgan fingerprint density at radius 3 is 2.81 bits per heavy atom. The van der Waals surface area contributed by atoms with E-state index in [0.717, 1.165) is 10.6 Å². The van der Waals surface area contributed by atoms with E-state index in [-0.39, 0.29) is 11.5 Å². The minimum Gasteiger partial charge on any atom is -0.468 e. The third-order valence-electron chi connectivity index (χ3n) is 1.68. The molecule has 2 rings (SSSR count). The zero-order chi connectivity index (χ0) is 11.8. The molecule has 4 nitrogen and oxygen atoms in total. The van der Waals surface area contributed by atoms with Crippen molar-refractivity contribution in [2.45, 2.75) is 6.18 Å². The Morgan fingerprint density at radius 1 is 1.38 bits per heavy atom. The monoisotopic (exact) mass is 235 g/mol. The van der Waals surface area contributed by atoms with Crippen molar-refractivity contribution >= 4 is 5.65 Å². The fourth-order valence-electron chi connectivity index (χ4n) is 1.11. The maximum absolute atomic E-state index is 12.9. The third-order valence-corrected chi connectivity index (χ3v) is 1.68. The molecule has 0 aromatic carbocycles. The average Bonchev–Trinajstić information content (AvgIpc) is 2.60. The van der Waals surface area contributed by atoms with Crippen LogP contribution in [0, 0.1) is 5.95 Å². The molecule has 2 aromatic rings. The molecule has 0 saturated heterocycles. The zero-order valence-electron chi connectivity index (χ0n) is 7.70. The first kappa shape index (κ1) is 10.7. The Balaban J connectivity index is 2.32. The molecule has 2 heterocycles. The van der Waals surface area contributed by atoms with Crippen LogP contribution in [0.15, 0.2) is 18.3 Å². The first-order valence-electron chi connectivity index (χ1n) is 4.15. The van der Waals surface area contributed by atoms with E-state index in [4.69, 9.17) is 0 Å². The number of hydrogen-bond donors (Lipinski definition) is 0. The number of aromatic nitrogens is 3. The van der Waals surface area contributed by atoms with E-state index in [0.29, 0.717) is 0 Å². The molecule has 0 amide bonds. The van der Waals surface area contributed by atoms with Crippen LogP contribution in [0.2, 0.25) is 0 Å². The summed E-state index contributed by atoms with van der Waals surface area (Å²) >= 11 is 0. The predicted octanol–water partition coefficient (Wildman–Crippen LogP) is 1.81. The third kappa shape index (κ3) is 2.20. The predicted molar refractivity (Wildman–Crippen MR) is 44.5 cm³/mol. The van der Waals surface area contributed by atoms with Gasteiger partial charge in [-0.05, 0) is 0 Å². The molecule has 0 N–H and O–H groups in total. The zero-order valence-corrected chi connectivity index (χ0v) is 7.70. The van der Waals surface area contributed by atoms with Gasteiger partial charge >= 0.3 is 6.18 Å². The van der Waals surface area contributed by atoms with E-state index in [1.54, 1.807) is 0 Å². The molecule has 0 aliphatic carbocycles. The Morgan fingerprint density at radius 2 is 2.12 bits per heavy atom. The fourth-order valence-corrected chi connectivity index (χ4v) is 1.11. The van der Waals surface area contributed by atoms with Crippen molar-refractivity contribution in [2.24, 2.45) is 0 Å². The summed E-state index contributed by atoms with van der Waals surface area (Å²) in [7, 11) is 0. The second-order valence-corrected chi connectivity index (χ2v) is 2.92. The Kier molecular flexibility index (Phi) is 2.41. The van der Waals surface area contributed by atoms with Gasteiger partial charge in [0, 0.05) is 6.07 Å². The van der Waals surface area contributed by atoms with Crippen LogP contribution in [-0.2, 0) is 0 Å². The molecule has 86 valence electrons. The number of hydrogen-bond acceptors (Lipinski definition) is 3. The molecular formula is C8H5F4N3O. The van der Waals surface area contributed by atoms with Crippen LogP contribution in [-0.4, -0.2) is 27.4 Å². The van der Waals surface area contributed by atoms with Gasteiger partial charge in [0.2, 0.25) is 11.8 Å². The summed E-state index contributed by atoms with van der Waals surface area (Å²) in [5, 5.41) is 3.66. The van der Waals surface area contributed by atoms with Gasteiger partial charge in [0.25, 0.3) is 0 Å². The summed E-state index contributed by atoms with van der Waals surface area (Å²) in [5.41, 5.74) is 0.0807.